The summed E-state index contributed by atoms with van der Waals surface area (Å²) in [7, 11) is -3.13. The van der Waals surface area contributed by atoms with Gasteiger partial charge in [-0.3, -0.25) is 4.99 Å². The van der Waals surface area contributed by atoms with Crippen LogP contribution in [0.1, 0.15) is 25.6 Å². The molecule has 0 aromatic carbocycles. The van der Waals surface area contributed by atoms with Gasteiger partial charge in [-0.25, -0.2) is 8.42 Å². The Morgan fingerprint density at radius 1 is 1.38 bits per heavy atom. The van der Waals surface area contributed by atoms with Gasteiger partial charge in [-0.15, -0.1) is 11.3 Å². The highest BCUT2D eigenvalue weighted by molar-refractivity contribution is 7.92. The van der Waals surface area contributed by atoms with E-state index in [1.165, 1.54) is 11.1 Å². The molecule has 1 heterocycles. The zero-order chi connectivity index (χ0) is 15.9. The number of guanidine groups is 1. The van der Waals surface area contributed by atoms with Gasteiger partial charge in [-0.2, -0.15) is 0 Å². The second-order valence-corrected chi connectivity index (χ2v) is 9.16. The van der Waals surface area contributed by atoms with Crippen LogP contribution < -0.4 is 10.6 Å². The summed E-state index contributed by atoms with van der Waals surface area (Å²) in [6.07, 6.45) is 2.18. The monoisotopic (exact) mass is 331 g/mol. The Kier molecular flexibility index (Phi) is 6.67. The lowest BCUT2D eigenvalue weighted by molar-refractivity contribution is 0.554. The molecule has 0 aliphatic carbocycles. The first-order chi connectivity index (χ1) is 9.76. The minimum absolute atomic E-state index is 0.236. The van der Waals surface area contributed by atoms with Crippen LogP contribution >= 0.6 is 11.3 Å². The maximum Gasteiger partial charge on any atom is 0.191 e. The minimum Gasteiger partial charge on any atom is -0.357 e. The third-order valence-electron chi connectivity index (χ3n) is 3.21. The van der Waals surface area contributed by atoms with Crippen molar-refractivity contribution in [2.24, 2.45) is 4.99 Å². The van der Waals surface area contributed by atoms with Gasteiger partial charge in [-0.05, 0) is 38.6 Å². The van der Waals surface area contributed by atoms with Gasteiger partial charge in [0.05, 0.1) is 11.3 Å². The highest BCUT2D eigenvalue weighted by Crippen LogP contribution is 2.15. The predicted octanol–water partition coefficient (Wildman–Crippen LogP) is 1.67. The van der Waals surface area contributed by atoms with Crippen molar-refractivity contribution in [3.05, 3.63) is 22.4 Å². The highest BCUT2D eigenvalue weighted by atomic mass is 32.2. The largest absolute Gasteiger partial charge is 0.357 e. The van der Waals surface area contributed by atoms with Crippen LogP contribution in [0.4, 0.5) is 0 Å². The first-order valence-corrected chi connectivity index (χ1v) is 9.77. The van der Waals surface area contributed by atoms with E-state index in [1.54, 1.807) is 25.2 Å². The van der Waals surface area contributed by atoms with E-state index in [1.807, 2.05) is 13.0 Å². The maximum absolute atomic E-state index is 11.7. The summed E-state index contributed by atoms with van der Waals surface area (Å²) in [4.78, 5) is 5.70. The zero-order valence-electron chi connectivity index (χ0n) is 13.1. The topological polar surface area (TPSA) is 70.6 Å². The van der Waals surface area contributed by atoms with Crippen LogP contribution in [0, 0.1) is 0 Å². The van der Waals surface area contributed by atoms with E-state index in [0.29, 0.717) is 5.96 Å². The number of nitrogens with zero attached hydrogens (tertiary/aromatic N) is 1. The Morgan fingerprint density at radius 3 is 2.62 bits per heavy atom. The van der Waals surface area contributed by atoms with Crippen LogP contribution in [0.15, 0.2) is 22.5 Å². The van der Waals surface area contributed by atoms with Gasteiger partial charge in [0.2, 0.25) is 0 Å². The third kappa shape index (κ3) is 6.05. The van der Waals surface area contributed by atoms with Crippen LogP contribution in [0.2, 0.25) is 0 Å². The number of rotatable bonds is 7. The Morgan fingerprint density at radius 2 is 2.10 bits per heavy atom. The molecule has 1 rings (SSSR count). The Bertz CT molecular complexity index is 549. The van der Waals surface area contributed by atoms with Crippen molar-refractivity contribution in [2.75, 3.05) is 25.9 Å². The lowest BCUT2D eigenvalue weighted by atomic mass is 10.2. The van der Waals surface area contributed by atoms with Gasteiger partial charge < -0.3 is 10.6 Å². The van der Waals surface area contributed by atoms with Gasteiger partial charge in [0.1, 0.15) is 0 Å². The van der Waals surface area contributed by atoms with E-state index in [9.17, 15) is 8.42 Å². The molecule has 0 unspecified atom stereocenters. The van der Waals surface area contributed by atoms with Gasteiger partial charge in [0, 0.05) is 24.2 Å². The highest BCUT2D eigenvalue weighted by Gasteiger charge is 2.29. The van der Waals surface area contributed by atoms with Gasteiger partial charge in [0.15, 0.2) is 15.8 Å². The minimum atomic E-state index is -3.13. The number of nitrogens with one attached hydrogen (secondary N) is 2. The molecule has 0 amide bonds. The fourth-order valence-corrected chi connectivity index (χ4v) is 2.50. The van der Waals surface area contributed by atoms with E-state index in [0.717, 1.165) is 19.5 Å². The van der Waals surface area contributed by atoms with Gasteiger partial charge in [-0.1, -0.05) is 6.07 Å². The Labute approximate surface area is 131 Å². The fraction of sp³-hybridized carbons (Fsp3) is 0.643. The molecule has 0 atom stereocenters. The molecular weight excluding hydrogens is 306 g/mol. The number of aliphatic imine (C=N–C) groups is 1. The smallest absolute Gasteiger partial charge is 0.191 e. The third-order valence-corrected chi connectivity index (χ3v) is 6.28. The Hall–Kier alpha value is -1.08. The van der Waals surface area contributed by atoms with Crippen molar-refractivity contribution in [3.8, 4) is 0 Å². The van der Waals surface area contributed by atoms with E-state index in [-0.39, 0.29) is 6.54 Å². The van der Waals surface area contributed by atoms with Crippen molar-refractivity contribution in [2.45, 2.75) is 31.9 Å². The molecular formula is C14H25N3O2S2. The van der Waals surface area contributed by atoms with Crippen molar-refractivity contribution >= 4 is 27.1 Å². The maximum atomic E-state index is 11.7. The molecule has 2 N–H and O–H groups in total. The lowest BCUT2D eigenvalue weighted by Gasteiger charge is -2.21. The number of sulfone groups is 1. The van der Waals surface area contributed by atoms with Crippen molar-refractivity contribution in [1.82, 2.24) is 10.6 Å². The summed E-state index contributed by atoms with van der Waals surface area (Å²) in [6, 6.07) is 4.14. The molecule has 0 bridgehead atoms. The number of hydrogen-bond donors (Lipinski definition) is 2. The fourth-order valence-electron chi connectivity index (χ4n) is 1.49. The molecule has 0 aliphatic rings. The molecule has 1 aromatic rings. The van der Waals surface area contributed by atoms with Crippen molar-refractivity contribution < 1.29 is 8.42 Å². The molecule has 0 radical (unpaired) electrons. The molecule has 21 heavy (non-hydrogen) atoms. The summed E-state index contributed by atoms with van der Waals surface area (Å²) in [6.45, 7) is 7.12. The van der Waals surface area contributed by atoms with E-state index >= 15 is 0 Å². The molecule has 0 fully saturated rings. The van der Waals surface area contributed by atoms with Crippen molar-refractivity contribution in [3.63, 3.8) is 0 Å². The molecule has 0 saturated carbocycles. The van der Waals surface area contributed by atoms with Crippen LogP contribution in [-0.4, -0.2) is 45.0 Å². The molecule has 0 aliphatic heterocycles. The second kappa shape index (κ2) is 7.79. The normalized spacial score (nSPS) is 13.2. The molecule has 0 spiro atoms. The van der Waals surface area contributed by atoms with Crippen LogP contribution in [0.5, 0.6) is 0 Å². The lowest BCUT2D eigenvalue weighted by Crippen LogP contribution is -2.41. The molecule has 0 saturated heterocycles. The second-order valence-electron chi connectivity index (χ2n) is 5.48. The van der Waals surface area contributed by atoms with Crippen molar-refractivity contribution in [1.29, 1.82) is 0 Å². The average Bonchev–Trinajstić information content (AvgIpc) is 2.87. The standard InChI is InChI=1S/C14H25N3O2S2/c1-5-15-13(16-9-8-12-7-6-10-20-12)17-11-14(2,3)21(4,18)19/h6-7,10H,5,8-9,11H2,1-4H3,(H2,15,16,17). The zero-order valence-corrected chi connectivity index (χ0v) is 14.8. The summed E-state index contributed by atoms with van der Waals surface area (Å²) in [5, 5.41) is 8.43. The van der Waals surface area contributed by atoms with E-state index < -0.39 is 14.6 Å². The molecule has 7 heteroatoms. The quantitative estimate of drug-likeness (QED) is 0.589. The average molecular weight is 332 g/mol. The predicted molar refractivity (Wildman–Crippen MR) is 90.9 cm³/mol. The summed E-state index contributed by atoms with van der Waals surface area (Å²) >= 11 is 1.73. The molecule has 5 nitrogen and oxygen atoms in total. The van der Waals surface area contributed by atoms with E-state index in [4.69, 9.17) is 0 Å². The number of hydrogen-bond acceptors (Lipinski definition) is 4. The van der Waals surface area contributed by atoms with Crippen LogP contribution in [0.25, 0.3) is 0 Å². The molecule has 120 valence electrons. The van der Waals surface area contributed by atoms with E-state index in [2.05, 4.69) is 27.1 Å². The first kappa shape index (κ1) is 18.0. The summed E-state index contributed by atoms with van der Waals surface area (Å²) < 4.78 is 22.5. The van der Waals surface area contributed by atoms with Gasteiger partial charge in [0.25, 0.3) is 0 Å². The summed E-state index contributed by atoms with van der Waals surface area (Å²) in [5.41, 5.74) is 0. The molecule has 1 aromatic heterocycles. The van der Waals surface area contributed by atoms with Crippen LogP contribution in [0.3, 0.4) is 0 Å². The van der Waals surface area contributed by atoms with Gasteiger partial charge >= 0.3 is 0 Å². The SMILES string of the molecule is CCNC(=NCC(C)(C)S(C)(=O)=O)NCCc1cccs1. The Balaban J connectivity index is 2.57. The first-order valence-electron chi connectivity index (χ1n) is 7.00. The van der Waals surface area contributed by atoms with Crippen LogP contribution in [-0.2, 0) is 16.3 Å². The summed E-state index contributed by atoms with van der Waals surface area (Å²) in [5.74, 6) is 0.658. The number of thiophene rings is 1.